The smallest absolute Gasteiger partial charge is 0.274 e. The molecule has 1 aliphatic rings. The second kappa shape index (κ2) is 6.23. The Labute approximate surface area is 115 Å². The van der Waals surface area contributed by atoms with Crippen molar-refractivity contribution in [3.63, 3.8) is 0 Å². The first-order chi connectivity index (χ1) is 9.08. The summed E-state index contributed by atoms with van der Waals surface area (Å²) < 4.78 is 13.3. The van der Waals surface area contributed by atoms with Crippen molar-refractivity contribution in [1.29, 1.82) is 0 Å². The number of rotatable bonds is 5. The quantitative estimate of drug-likeness (QED) is 0.659. The van der Waals surface area contributed by atoms with Crippen molar-refractivity contribution in [2.45, 2.75) is 37.5 Å². The normalized spacial score (nSPS) is 22.4. The molecule has 0 aliphatic heterocycles. The monoisotopic (exact) mass is 284 g/mol. The molecule has 2 atom stereocenters. The van der Waals surface area contributed by atoms with Crippen LogP contribution in [0.25, 0.3) is 0 Å². The lowest BCUT2D eigenvalue weighted by atomic mass is 10.2. The fourth-order valence-corrected chi connectivity index (χ4v) is 3.60. The number of nitro benzene ring substituents is 1. The number of anilines is 1. The Balaban J connectivity index is 2.01. The number of hydrogen-bond acceptors (Lipinski definition) is 4. The molecule has 104 valence electrons. The molecule has 0 heterocycles. The first-order valence-electron chi connectivity index (χ1n) is 6.41. The zero-order valence-electron chi connectivity index (χ0n) is 10.8. The second-order valence-corrected chi connectivity index (χ2v) is 6.26. The van der Waals surface area contributed by atoms with E-state index in [9.17, 15) is 14.5 Å². The predicted octanol–water partition coefficient (Wildman–Crippen LogP) is 3.82. The maximum Gasteiger partial charge on any atom is 0.274 e. The van der Waals surface area contributed by atoms with Crippen LogP contribution in [0, 0.1) is 15.9 Å². The van der Waals surface area contributed by atoms with Crippen molar-refractivity contribution in [3.8, 4) is 0 Å². The highest BCUT2D eigenvalue weighted by atomic mass is 32.2. The molecule has 0 spiro atoms. The van der Waals surface area contributed by atoms with E-state index in [0.29, 0.717) is 10.9 Å². The van der Waals surface area contributed by atoms with E-state index in [1.807, 2.05) is 11.8 Å². The summed E-state index contributed by atoms with van der Waals surface area (Å²) in [5.41, 5.74) is 0.291. The molecule has 1 saturated carbocycles. The van der Waals surface area contributed by atoms with Crippen LogP contribution in [0.2, 0.25) is 0 Å². The minimum Gasteiger partial charge on any atom is -0.382 e. The second-order valence-electron chi connectivity index (χ2n) is 4.69. The van der Waals surface area contributed by atoms with Gasteiger partial charge in [-0.15, -0.1) is 0 Å². The topological polar surface area (TPSA) is 55.2 Å². The van der Waals surface area contributed by atoms with Gasteiger partial charge in [-0.05, 0) is 31.1 Å². The SMILES string of the molecule is CCSC1CCC(Nc2cc(F)cc([N+](=O)[O-])c2)C1. The Morgan fingerprint density at radius 3 is 2.95 bits per heavy atom. The van der Waals surface area contributed by atoms with E-state index < -0.39 is 10.7 Å². The minimum atomic E-state index is -0.575. The molecule has 1 N–H and O–H groups in total. The highest BCUT2D eigenvalue weighted by molar-refractivity contribution is 7.99. The number of thioether (sulfide) groups is 1. The zero-order valence-corrected chi connectivity index (χ0v) is 11.6. The average Bonchev–Trinajstić information content (AvgIpc) is 2.76. The lowest BCUT2D eigenvalue weighted by Gasteiger charge is -2.14. The van der Waals surface area contributed by atoms with Crippen LogP contribution in [-0.4, -0.2) is 22.0 Å². The third-order valence-corrected chi connectivity index (χ3v) is 4.48. The van der Waals surface area contributed by atoms with E-state index in [1.165, 1.54) is 12.1 Å². The molecular weight excluding hydrogens is 267 g/mol. The average molecular weight is 284 g/mol. The van der Waals surface area contributed by atoms with E-state index >= 15 is 0 Å². The standard InChI is InChI=1S/C13H17FN2O2S/c1-2-19-13-4-3-10(8-13)15-11-5-9(14)6-12(7-11)16(17)18/h5-7,10,13,15H,2-4,8H2,1H3. The van der Waals surface area contributed by atoms with Crippen LogP contribution in [0.1, 0.15) is 26.2 Å². The van der Waals surface area contributed by atoms with Crippen LogP contribution < -0.4 is 5.32 Å². The number of halogens is 1. The summed E-state index contributed by atoms with van der Waals surface area (Å²) in [6.45, 7) is 2.14. The first kappa shape index (κ1) is 14.1. The third-order valence-electron chi connectivity index (χ3n) is 3.25. The molecule has 0 radical (unpaired) electrons. The summed E-state index contributed by atoms with van der Waals surface area (Å²) in [6, 6.07) is 3.93. The van der Waals surface area contributed by atoms with Crippen molar-refractivity contribution in [2.75, 3.05) is 11.1 Å². The highest BCUT2D eigenvalue weighted by Gasteiger charge is 2.24. The van der Waals surface area contributed by atoms with Gasteiger partial charge in [-0.25, -0.2) is 4.39 Å². The van der Waals surface area contributed by atoms with E-state index in [-0.39, 0.29) is 11.7 Å². The van der Waals surface area contributed by atoms with Crippen LogP contribution in [0.3, 0.4) is 0 Å². The van der Waals surface area contributed by atoms with Gasteiger partial charge in [0.1, 0.15) is 5.82 Å². The fraction of sp³-hybridized carbons (Fsp3) is 0.538. The van der Waals surface area contributed by atoms with E-state index in [4.69, 9.17) is 0 Å². The van der Waals surface area contributed by atoms with Gasteiger partial charge in [0.2, 0.25) is 0 Å². The molecule has 0 saturated heterocycles. The maximum absolute atomic E-state index is 13.3. The first-order valence-corrected chi connectivity index (χ1v) is 7.46. The molecular formula is C13H17FN2O2S. The Morgan fingerprint density at radius 2 is 2.26 bits per heavy atom. The summed E-state index contributed by atoms with van der Waals surface area (Å²) in [4.78, 5) is 10.1. The van der Waals surface area contributed by atoms with Crippen molar-refractivity contribution in [2.24, 2.45) is 0 Å². The van der Waals surface area contributed by atoms with Gasteiger partial charge in [-0.1, -0.05) is 6.92 Å². The lowest BCUT2D eigenvalue weighted by Crippen LogP contribution is -2.16. The number of nitrogens with one attached hydrogen (secondary N) is 1. The van der Waals surface area contributed by atoms with Crippen molar-refractivity contribution in [3.05, 3.63) is 34.1 Å². The molecule has 2 unspecified atom stereocenters. The van der Waals surface area contributed by atoms with Gasteiger partial charge < -0.3 is 5.32 Å². The highest BCUT2D eigenvalue weighted by Crippen LogP contribution is 2.32. The van der Waals surface area contributed by atoms with Gasteiger partial charge in [0.25, 0.3) is 5.69 Å². The fourth-order valence-electron chi connectivity index (χ4n) is 2.46. The van der Waals surface area contributed by atoms with Crippen molar-refractivity contribution >= 4 is 23.1 Å². The summed E-state index contributed by atoms with van der Waals surface area (Å²) in [7, 11) is 0. The Morgan fingerprint density at radius 1 is 1.47 bits per heavy atom. The molecule has 1 fully saturated rings. The maximum atomic E-state index is 13.3. The molecule has 6 heteroatoms. The lowest BCUT2D eigenvalue weighted by molar-refractivity contribution is -0.385. The van der Waals surface area contributed by atoms with Crippen LogP contribution in [-0.2, 0) is 0 Å². The van der Waals surface area contributed by atoms with Crippen LogP contribution in [0.15, 0.2) is 18.2 Å². The Bertz CT molecular complexity index is 470. The molecule has 1 aliphatic carbocycles. The van der Waals surface area contributed by atoms with Crippen molar-refractivity contribution in [1.82, 2.24) is 0 Å². The molecule has 4 nitrogen and oxygen atoms in total. The molecule has 0 bridgehead atoms. The van der Waals surface area contributed by atoms with Crippen LogP contribution >= 0.6 is 11.8 Å². The molecule has 2 rings (SSSR count). The summed E-state index contributed by atoms with van der Waals surface area (Å²) in [5, 5.41) is 14.5. The molecule has 19 heavy (non-hydrogen) atoms. The van der Waals surface area contributed by atoms with Gasteiger partial charge in [-0.3, -0.25) is 10.1 Å². The Hall–Kier alpha value is -1.30. The van der Waals surface area contributed by atoms with Gasteiger partial charge in [0.05, 0.1) is 11.0 Å². The molecule has 1 aromatic carbocycles. The van der Waals surface area contributed by atoms with Crippen LogP contribution in [0.5, 0.6) is 0 Å². The Kier molecular flexibility index (Phi) is 4.63. The van der Waals surface area contributed by atoms with Gasteiger partial charge >= 0.3 is 0 Å². The summed E-state index contributed by atoms with van der Waals surface area (Å²) in [5.74, 6) is 0.525. The minimum absolute atomic E-state index is 0.208. The largest absolute Gasteiger partial charge is 0.382 e. The van der Waals surface area contributed by atoms with Gasteiger partial charge in [-0.2, -0.15) is 11.8 Å². The number of nitrogens with zero attached hydrogens (tertiary/aromatic N) is 1. The van der Waals surface area contributed by atoms with E-state index in [1.54, 1.807) is 0 Å². The van der Waals surface area contributed by atoms with E-state index in [0.717, 1.165) is 31.1 Å². The number of non-ortho nitro benzene ring substituents is 1. The van der Waals surface area contributed by atoms with Gasteiger partial charge in [0.15, 0.2) is 0 Å². The summed E-state index contributed by atoms with van der Waals surface area (Å²) in [6.07, 6.45) is 3.21. The molecule has 0 aromatic heterocycles. The van der Waals surface area contributed by atoms with Gasteiger partial charge in [0, 0.05) is 23.0 Å². The predicted molar refractivity (Wildman–Crippen MR) is 76.2 cm³/mol. The van der Waals surface area contributed by atoms with Crippen molar-refractivity contribution < 1.29 is 9.31 Å². The zero-order chi connectivity index (χ0) is 13.8. The third kappa shape index (κ3) is 3.83. The number of nitro groups is 1. The van der Waals surface area contributed by atoms with Crippen LogP contribution in [0.4, 0.5) is 15.8 Å². The van der Waals surface area contributed by atoms with E-state index in [2.05, 4.69) is 12.2 Å². The summed E-state index contributed by atoms with van der Waals surface area (Å²) >= 11 is 1.94. The molecule has 0 amide bonds. The molecule has 1 aromatic rings. The number of benzene rings is 1. The number of hydrogen-bond donors (Lipinski definition) is 1.